The minimum absolute atomic E-state index is 0.0249. The molecule has 0 aromatic rings. The maximum absolute atomic E-state index is 12.8. The first-order valence-corrected chi connectivity index (χ1v) is 12.0. The summed E-state index contributed by atoms with van der Waals surface area (Å²) in [5, 5.41) is 16.3. The number of nitrogens with zero attached hydrogens (tertiary/aromatic N) is 1. The standard InChI is InChI=1S/C24H38N4O8/c1-12(2)20(33)13(3)25-21(34)14(4)26-22(35)16(8-9-19(31)32)27-17(29)11-28-18(30)10-15(23(28)36)24(5,6)7/h12-16H,8-11H2,1-7H3,(H,25,34)(H,26,35)(H,27,29)(H,31,32)/t13-,14-,15?,16-/m0/s1. The summed E-state index contributed by atoms with van der Waals surface area (Å²) in [6.07, 6.45) is -0.758. The quantitative estimate of drug-likeness (QED) is 0.265. The molecule has 4 atom stereocenters. The zero-order valence-electron chi connectivity index (χ0n) is 22.0. The van der Waals surface area contributed by atoms with Crippen molar-refractivity contribution in [3.05, 3.63) is 0 Å². The van der Waals surface area contributed by atoms with Gasteiger partial charge in [0.25, 0.3) is 0 Å². The van der Waals surface area contributed by atoms with Gasteiger partial charge in [0.15, 0.2) is 5.78 Å². The third-order valence-corrected chi connectivity index (χ3v) is 6.00. The van der Waals surface area contributed by atoms with Gasteiger partial charge in [0.05, 0.1) is 12.0 Å². The van der Waals surface area contributed by atoms with Crippen LogP contribution in [0.2, 0.25) is 0 Å². The van der Waals surface area contributed by atoms with Crippen molar-refractivity contribution in [2.45, 2.75) is 85.9 Å². The second-order valence-corrected chi connectivity index (χ2v) is 10.5. The largest absolute Gasteiger partial charge is 0.481 e. The Balaban J connectivity index is 2.84. The molecule has 12 nitrogen and oxygen atoms in total. The molecule has 36 heavy (non-hydrogen) atoms. The molecule has 1 aliphatic rings. The molecule has 1 unspecified atom stereocenters. The Labute approximate surface area is 210 Å². The molecular formula is C24H38N4O8. The molecule has 12 heteroatoms. The van der Waals surface area contributed by atoms with Crippen molar-refractivity contribution in [1.82, 2.24) is 20.9 Å². The predicted molar refractivity (Wildman–Crippen MR) is 128 cm³/mol. The van der Waals surface area contributed by atoms with Crippen LogP contribution in [0.5, 0.6) is 0 Å². The van der Waals surface area contributed by atoms with Crippen LogP contribution in [0.15, 0.2) is 0 Å². The van der Waals surface area contributed by atoms with Crippen molar-refractivity contribution in [2.75, 3.05) is 6.54 Å². The summed E-state index contributed by atoms with van der Waals surface area (Å²) in [7, 11) is 0. The second kappa shape index (κ2) is 12.6. The SMILES string of the molecule is CC(C)C(=O)[C@H](C)NC(=O)[C@H](C)NC(=O)[C@H](CCC(=O)O)NC(=O)CN1C(=O)CC(C(C)(C)C)C1=O. The first-order chi connectivity index (χ1) is 16.4. The van der Waals surface area contributed by atoms with E-state index < -0.39 is 77.9 Å². The maximum Gasteiger partial charge on any atom is 0.303 e. The fraction of sp³-hybridized carbons (Fsp3) is 0.708. The van der Waals surface area contributed by atoms with Gasteiger partial charge in [-0.05, 0) is 25.7 Å². The number of carboxylic acid groups (broad SMARTS) is 1. The Bertz CT molecular complexity index is 908. The number of nitrogens with one attached hydrogen (secondary N) is 3. The summed E-state index contributed by atoms with van der Waals surface area (Å²) in [5.74, 6) is -5.51. The predicted octanol–water partition coefficient (Wildman–Crippen LogP) is -0.00830. The van der Waals surface area contributed by atoms with Crippen molar-refractivity contribution in [2.24, 2.45) is 17.3 Å². The van der Waals surface area contributed by atoms with Crippen LogP contribution in [0.1, 0.15) is 67.7 Å². The molecule has 5 amide bonds. The number of rotatable bonds is 12. The monoisotopic (exact) mass is 510 g/mol. The average molecular weight is 511 g/mol. The van der Waals surface area contributed by atoms with E-state index in [0.717, 1.165) is 4.90 Å². The molecule has 0 aliphatic carbocycles. The molecule has 0 saturated carbocycles. The Morgan fingerprint density at radius 1 is 0.944 bits per heavy atom. The Morgan fingerprint density at radius 3 is 1.97 bits per heavy atom. The van der Waals surface area contributed by atoms with E-state index in [9.17, 15) is 33.6 Å². The van der Waals surface area contributed by atoms with E-state index in [1.165, 1.54) is 13.8 Å². The van der Waals surface area contributed by atoms with Crippen molar-refractivity contribution in [1.29, 1.82) is 0 Å². The molecule has 202 valence electrons. The van der Waals surface area contributed by atoms with E-state index >= 15 is 0 Å². The van der Waals surface area contributed by atoms with Gasteiger partial charge in [0.1, 0.15) is 18.6 Å². The summed E-state index contributed by atoms with van der Waals surface area (Å²) in [5.41, 5.74) is -0.476. The van der Waals surface area contributed by atoms with Gasteiger partial charge in [-0.2, -0.15) is 0 Å². The minimum Gasteiger partial charge on any atom is -0.481 e. The Morgan fingerprint density at radius 2 is 1.50 bits per heavy atom. The van der Waals surface area contributed by atoms with Crippen LogP contribution in [0.3, 0.4) is 0 Å². The summed E-state index contributed by atoms with van der Waals surface area (Å²) in [4.78, 5) is 86.6. The van der Waals surface area contributed by atoms with Crippen LogP contribution in [0, 0.1) is 17.3 Å². The van der Waals surface area contributed by atoms with E-state index in [4.69, 9.17) is 5.11 Å². The van der Waals surface area contributed by atoms with Crippen LogP contribution < -0.4 is 16.0 Å². The van der Waals surface area contributed by atoms with Gasteiger partial charge in [-0.1, -0.05) is 34.6 Å². The first-order valence-electron chi connectivity index (χ1n) is 12.0. The third-order valence-electron chi connectivity index (χ3n) is 6.00. The van der Waals surface area contributed by atoms with Gasteiger partial charge in [0.2, 0.25) is 29.5 Å². The molecule has 4 N–H and O–H groups in total. The van der Waals surface area contributed by atoms with E-state index in [1.807, 2.05) is 20.8 Å². The van der Waals surface area contributed by atoms with E-state index in [-0.39, 0.29) is 24.5 Å². The third kappa shape index (κ3) is 8.72. The zero-order valence-corrected chi connectivity index (χ0v) is 22.0. The summed E-state index contributed by atoms with van der Waals surface area (Å²) in [6, 6.07) is -3.19. The number of hydrogen-bond acceptors (Lipinski definition) is 7. The Kier molecular flexibility index (Phi) is 10.7. The minimum atomic E-state index is -1.33. The highest BCUT2D eigenvalue weighted by atomic mass is 16.4. The molecule has 0 radical (unpaired) electrons. The topological polar surface area (TPSA) is 179 Å². The van der Waals surface area contributed by atoms with Crippen LogP contribution in [0.4, 0.5) is 0 Å². The lowest BCUT2D eigenvalue weighted by Gasteiger charge is -2.25. The molecule has 1 fully saturated rings. The zero-order chi connectivity index (χ0) is 28.0. The van der Waals surface area contributed by atoms with Gasteiger partial charge in [-0.25, -0.2) is 0 Å². The second-order valence-electron chi connectivity index (χ2n) is 10.5. The number of carbonyl (C=O) groups is 7. The number of carbonyl (C=O) groups excluding carboxylic acids is 6. The fourth-order valence-electron chi connectivity index (χ4n) is 3.74. The molecule has 0 aromatic carbocycles. The molecule has 1 aliphatic heterocycles. The number of amides is 5. The van der Waals surface area contributed by atoms with Crippen molar-refractivity contribution in [3.63, 3.8) is 0 Å². The van der Waals surface area contributed by atoms with E-state index in [2.05, 4.69) is 16.0 Å². The molecule has 0 aromatic heterocycles. The van der Waals surface area contributed by atoms with Crippen LogP contribution >= 0.6 is 0 Å². The van der Waals surface area contributed by atoms with Crippen LogP contribution in [0.25, 0.3) is 0 Å². The lowest BCUT2D eigenvalue weighted by Crippen LogP contribution is -2.55. The smallest absolute Gasteiger partial charge is 0.303 e. The van der Waals surface area contributed by atoms with Gasteiger partial charge < -0.3 is 21.1 Å². The lowest BCUT2D eigenvalue weighted by atomic mass is 9.80. The van der Waals surface area contributed by atoms with Gasteiger partial charge >= 0.3 is 5.97 Å². The Hall–Kier alpha value is -3.31. The van der Waals surface area contributed by atoms with Crippen molar-refractivity contribution >= 4 is 41.3 Å². The van der Waals surface area contributed by atoms with Gasteiger partial charge in [-0.15, -0.1) is 0 Å². The molecule has 0 spiro atoms. The van der Waals surface area contributed by atoms with E-state index in [0.29, 0.717) is 0 Å². The maximum atomic E-state index is 12.8. The van der Waals surface area contributed by atoms with Crippen molar-refractivity contribution in [3.8, 4) is 0 Å². The molecule has 1 heterocycles. The first kappa shape index (κ1) is 30.7. The molecular weight excluding hydrogens is 472 g/mol. The van der Waals surface area contributed by atoms with E-state index in [1.54, 1.807) is 13.8 Å². The number of aliphatic carboxylic acids is 1. The number of imide groups is 1. The van der Waals surface area contributed by atoms with Gasteiger partial charge in [-0.3, -0.25) is 38.5 Å². The van der Waals surface area contributed by atoms with Crippen molar-refractivity contribution < 1.29 is 38.7 Å². The number of Topliss-reactive ketones (excluding diaryl/α,β-unsaturated/α-hetero) is 1. The highest BCUT2D eigenvalue weighted by Gasteiger charge is 2.45. The number of likely N-dealkylation sites (tertiary alicyclic amines) is 1. The number of carboxylic acids is 1. The van der Waals surface area contributed by atoms with Crippen LogP contribution in [-0.4, -0.2) is 76.0 Å². The van der Waals surface area contributed by atoms with Crippen LogP contribution in [-0.2, 0) is 33.6 Å². The summed E-state index contributed by atoms with van der Waals surface area (Å²) >= 11 is 0. The number of hydrogen-bond donors (Lipinski definition) is 4. The molecule has 0 bridgehead atoms. The normalized spacial score (nSPS) is 18.4. The summed E-state index contributed by atoms with van der Waals surface area (Å²) < 4.78 is 0. The van der Waals surface area contributed by atoms with Gasteiger partial charge in [0, 0.05) is 18.8 Å². The molecule has 1 saturated heterocycles. The fourth-order valence-corrected chi connectivity index (χ4v) is 3.74. The average Bonchev–Trinajstić information content (AvgIpc) is 3.03. The lowest BCUT2D eigenvalue weighted by molar-refractivity contribution is -0.144. The highest BCUT2D eigenvalue weighted by molar-refractivity contribution is 6.06. The number of ketones is 1. The highest BCUT2D eigenvalue weighted by Crippen LogP contribution is 2.35. The molecule has 1 rings (SSSR count). The summed E-state index contributed by atoms with van der Waals surface area (Å²) in [6.45, 7) is 11.1.